The summed E-state index contributed by atoms with van der Waals surface area (Å²) in [4.78, 5) is 31.8. The summed E-state index contributed by atoms with van der Waals surface area (Å²) in [5.74, 6) is 0.552. The molecule has 132 valence electrons. The maximum Gasteiger partial charge on any atom is 0.294 e. The molecule has 6 heteroatoms. The average Bonchev–Trinajstić information content (AvgIpc) is 3.45. The van der Waals surface area contributed by atoms with Crippen LogP contribution in [0.25, 0.3) is 11.0 Å². The van der Waals surface area contributed by atoms with Crippen LogP contribution in [0.3, 0.4) is 0 Å². The van der Waals surface area contributed by atoms with Gasteiger partial charge in [-0.2, -0.15) is 0 Å². The van der Waals surface area contributed by atoms with E-state index in [1.807, 2.05) is 24.3 Å². The van der Waals surface area contributed by atoms with E-state index in [9.17, 15) is 9.59 Å². The average molecular weight is 340 g/mol. The molecule has 1 N–H and O–H groups in total. The van der Waals surface area contributed by atoms with Gasteiger partial charge in [0.25, 0.3) is 5.56 Å². The van der Waals surface area contributed by atoms with Gasteiger partial charge in [0.15, 0.2) is 5.82 Å². The van der Waals surface area contributed by atoms with Gasteiger partial charge in [-0.15, -0.1) is 0 Å². The minimum Gasteiger partial charge on any atom is -0.353 e. The van der Waals surface area contributed by atoms with Crippen molar-refractivity contribution >= 4 is 22.8 Å². The smallest absolute Gasteiger partial charge is 0.294 e. The van der Waals surface area contributed by atoms with Gasteiger partial charge in [-0.1, -0.05) is 12.1 Å². The van der Waals surface area contributed by atoms with Crippen LogP contribution in [0, 0.1) is 0 Å². The summed E-state index contributed by atoms with van der Waals surface area (Å²) in [6.07, 6.45) is 5.87. The Morgan fingerprint density at radius 3 is 2.68 bits per heavy atom. The lowest BCUT2D eigenvalue weighted by Crippen LogP contribution is -2.37. The minimum atomic E-state index is -0.0835. The van der Waals surface area contributed by atoms with E-state index in [0.717, 1.165) is 49.8 Å². The van der Waals surface area contributed by atoms with Crippen molar-refractivity contribution in [1.29, 1.82) is 0 Å². The van der Waals surface area contributed by atoms with E-state index in [1.165, 1.54) is 6.42 Å². The van der Waals surface area contributed by atoms with E-state index in [0.29, 0.717) is 24.8 Å². The van der Waals surface area contributed by atoms with Gasteiger partial charge in [0.2, 0.25) is 5.91 Å². The molecule has 0 spiro atoms. The zero-order chi connectivity index (χ0) is 17.2. The van der Waals surface area contributed by atoms with E-state index in [2.05, 4.69) is 15.2 Å². The SMILES string of the molecule is O=C(CCn1c(=O)c(N2CCCCC2)nc2ccccc21)NC1CC1. The molecule has 1 amide bonds. The van der Waals surface area contributed by atoms with Crippen molar-refractivity contribution in [2.75, 3.05) is 18.0 Å². The minimum absolute atomic E-state index is 0.0230. The highest BCUT2D eigenvalue weighted by Gasteiger charge is 2.23. The third-order valence-corrected chi connectivity index (χ3v) is 5.00. The van der Waals surface area contributed by atoms with Crippen LogP contribution >= 0.6 is 0 Å². The van der Waals surface area contributed by atoms with E-state index in [1.54, 1.807) is 4.57 Å². The first-order chi connectivity index (χ1) is 12.2. The number of para-hydroxylation sites is 2. The van der Waals surface area contributed by atoms with Gasteiger partial charge < -0.3 is 14.8 Å². The zero-order valence-corrected chi connectivity index (χ0v) is 14.4. The van der Waals surface area contributed by atoms with Crippen LogP contribution in [-0.4, -0.2) is 34.6 Å². The monoisotopic (exact) mass is 340 g/mol. The number of hydrogen-bond acceptors (Lipinski definition) is 4. The summed E-state index contributed by atoms with van der Waals surface area (Å²) in [7, 11) is 0. The molecule has 0 radical (unpaired) electrons. The Balaban J connectivity index is 1.66. The molecule has 1 aliphatic carbocycles. The molecule has 4 rings (SSSR count). The van der Waals surface area contributed by atoms with Gasteiger partial charge in [-0.05, 0) is 44.2 Å². The standard InChI is InChI=1S/C19H24N4O2/c24-17(20-14-8-9-14)10-13-23-16-7-3-2-6-15(16)21-18(19(23)25)22-11-4-1-5-12-22/h2-3,6-7,14H,1,4-5,8-13H2,(H,20,24). The van der Waals surface area contributed by atoms with Gasteiger partial charge >= 0.3 is 0 Å². The summed E-state index contributed by atoms with van der Waals surface area (Å²) in [5.41, 5.74) is 1.53. The fraction of sp³-hybridized carbons (Fsp3) is 0.526. The first kappa shape index (κ1) is 16.1. The molecule has 0 bridgehead atoms. The molecule has 6 nitrogen and oxygen atoms in total. The van der Waals surface area contributed by atoms with Crippen molar-refractivity contribution in [2.24, 2.45) is 0 Å². The van der Waals surface area contributed by atoms with Crippen LogP contribution in [0.2, 0.25) is 0 Å². The van der Waals surface area contributed by atoms with Crippen LogP contribution in [0.1, 0.15) is 38.5 Å². The molecule has 2 aromatic rings. The van der Waals surface area contributed by atoms with Gasteiger partial charge in [-0.3, -0.25) is 9.59 Å². The molecule has 25 heavy (non-hydrogen) atoms. The third kappa shape index (κ3) is 3.52. The van der Waals surface area contributed by atoms with Gasteiger partial charge in [0, 0.05) is 32.1 Å². The summed E-state index contributed by atoms with van der Waals surface area (Å²) in [6.45, 7) is 2.15. The Morgan fingerprint density at radius 1 is 1.16 bits per heavy atom. The van der Waals surface area contributed by atoms with Crippen molar-refractivity contribution in [3.05, 3.63) is 34.6 Å². The van der Waals surface area contributed by atoms with E-state index < -0.39 is 0 Å². The van der Waals surface area contributed by atoms with E-state index in [4.69, 9.17) is 0 Å². The number of aromatic nitrogens is 2. The second-order valence-corrected chi connectivity index (χ2v) is 7.02. The van der Waals surface area contributed by atoms with Crippen LogP contribution in [0.4, 0.5) is 5.82 Å². The van der Waals surface area contributed by atoms with Gasteiger partial charge in [0.1, 0.15) is 0 Å². The Bertz CT molecular complexity index is 835. The number of nitrogens with zero attached hydrogens (tertiary/aromatic N) is 3. The first-order valence-corrected chi connectivity index (χ1v) is 9.26. The van der Waals surface area contributed by atoms with E-state index in [-0.39, 0.29) is 11.5 Å². The quantitative estimate of drug-likeness (QED) is 0.905. The molecular weight excluding hydrogens is 316 g/mol. The van der Waals surface area contributed by atoms with Crippen molar-refractivity contribution in [3.8, 4) is 0 Å². The number of rotatable bonds is 5. The van der Waals surface area contributed by atoms with Crippen LogP contribution in [0.15, 0.2) is 29.1 Å². The Labute approximate surface area is 146 Å². The second-order valence-electron chi connectivity index (χ2n) is 7.02. The highest BCUT2D eigenvalue weighted by molar-refractivity contribution is 5.78. The fourth-order valence-corrected chi connectivity index (χ4v) is 3.45. The number of amides is 1. The number of hydrogen-bond donors (Lipinski definition) is 1. The highest BCUT2D eigenvalue weighted by Crippen LogP contribution is 2.20. The number of carbonyl (C=O) groups is 1. The number of aryl methyl sites for hydroxylation is 1. The Kier molecular flexibility index (Phi) is 4.42. The molecule has 1 aromatic carbocycles. The predicted octanol–water partition coefficient (Wildman–Crippen LogP) is 2.06. The zero-order valence-electron chi connectivity index (χ0n) is 14.4. The summed E-state index contributed by atoms with van der Waals surface area (Å²) in [6, 6.07) is 8.03. The Hall–Kier alpha value is -2.37. The molecule has 2 fully saturated rings. The van der Waals surface area contributed by atoms with Crippen molar-refractivity contribution in [3.63, 3.8) is 0 Å². The fourth-order valence-electron chi connectivity index (χ4n) is 3.45. The molecule has 1 saturated carbocycles. The lowest BCUT2D eigenvalue weighted by Gasteiger charge is -2.27. The van der Waals surface area contributed by atoms with Gasteiger partial charge in [-0.25, -0.2) is 4.98 Å². The summed E-state index contributed by atoms with van der Waals surface area (Å²) < 4.78 is 1.72. The van der Waals surface area contributed by atoms with Crippen molar-refractivity contribution in [1.82, 2.24) is 14.9 Å². The maximum absolute atomic E-state index is 13.1. The topological polar surface area (TPSA) is 67.2 Å². The number of benzene rings is 1. The molecule has 0 unspecified atom stereocenters. The highest BCUT2D eigenvalue weighted by atomic mass is 16.2. The molecule has 1 aliphatic heterocycles. The molecule has 0 atom stereocenters. The first-order valence-electron chi connectivity index (χ1n) is 9.26. The lowest BCUT2D eigenvalue weighted by molar-refractivity contribution is -0.121. The molecule has 2 heterocycles. The number of nitrogens with one attached hydrogen (secondary N) is 1. The molecule has 2 aliphatic rings. The van der Waals surface area contributed by atoms with Crippen molar-refractivity contribution in [2.45, 2.75) is 51.1 Å². The number of piperidine rings is 1. The number of fused-ring (bicyclic) bond motifs is 1. The van der Waals surface area contributed by atoms with Crippen molar-refractivity contribution < 1.29 is 4.79 Å². The summed E-state index contributed by atoms with van der Waals surface area (Å²) in [5, 5.41) is 2.99. The molecule has 1 aromatic heterocycles. The molecular formula is C19H24N4O2. The van der Waals surface area contributed by atoms with Crippen LogP contribution in [0.5, 0.6) is 0 Å². The molecule has 1 saturated heterocycles. The number of anilines is 1. The van der Waals surface area contributed by atoms with Crippen LogP contribution in [-0.2, 0) is 11.3 Å². The number of carbonyl (C=O) groups excluding carboxylic acids is 1. The van der Waals surface area contributed by atoms with Crippen LogP contribution < -0.4 is 15.8 Å². The second kappa shape index (κ2) is 6.86. The third-order valence-electron chi connectivity index (χ3n) is 5.00. The largest absolute Gasteiger partial charge is 0.353 e. The Morgan fingerprint density at radius 2 is 1.92 bits per heavy atom. The normalized spacial score (nSPS) is 17.7. The lowest BCUT2D eigenvalue weighted by atomic mass is 10.1. The van der Waals surface area contributed by atoms with E-state index >= 15 is 0 Å². The van der Waals surface area contributed by atoms with Gasteiger partial charge in [0.05, 0.1) is 11.0 Å². The maximum atomic E-state index is 13.1. The summed E-state index contributed by atoms with van der Waals surface area (Å²) >= 11 is 0. The predicted molar refractivity (Wildman–Crippen MR) is 97.8 cm³/mol.